The second kappa shape index (κ2) is 18.6. The van der Waals surface area contributed by atoms with Crippen molar-refractivity contribution in [1.82, 2.24) is 0 Å². The van der Waals surface area contributed by atoms with Crippen LogP contribution in [0.2, 0.25) is 0 Å². The second-order valence-corrected chi connectivity index (χ2v) is 15.0. The van der Waals surface area contributed by atoms with Crippen LogP contribution in [0, 0.1) is 62.3 Å². The lowest BCUT2D eigenvalue weighted by Gasteiger charge is -2.21. The molecular formula is C45H48O6P2. The third-order valence-electron chi connectivity index (χ3n) is 8.79. The summed E-state index contributed by atoms with van der Waals surface area (Å²) in [5.41, 5.74) is 10.3. The summed E-state index contributed by atoms with van der Waals surface area (Å²) in [5.74, 6) is 4.49. The molecule has 0 spiro atoms. The molecule has 0 atom stereocenters. The van der Waals surface area contributed by atoms with E-state index in [1.165, 1.54) is 33.4 Å². The Morgan fingerprint density at radius 3 is 0.792 bits per heavy atom. The standard InChI is InChI=1S/C24H27O3P.C21H21O3P/c1-16-10-7-13-22(19(16)4)25-28(26-23-14-8-11-17(2)20(23)5)27-24-15-9-12-18(3)21(24)6;1-16-4-10-19(11-5-16)22-25(23-20-12-6-17(2)7-13-20)24-21-14-8-18(3)9-15-21/h7-15H,1-6H3;4-15H,1-3H3. The molecule has 6 aromatic carbocycles. The number of benzene rings is 6. The normalized spacial score (nSPS) is 10.7. The first kappa shape index (κ1) is 39.2. The van der Waals surface area contributed by atoms with Crippen molar-refractivity contribution in [2.24, 2.45) is 0 Å². The van der Waals surface area contributed by atoms with E-state index in [1.807, 2.05) is 151 Å². The first-order valence-corrected chi connectivity index (χ1v) is 19.7. The molecule has 0 aliphatic rings. The monoisotopic (exact) mass is 746 g/mol. The van der Waals surface area contributed by atoms with Gasteiger partial charge in [0.2, 0.25) is 0 Å². The van der Waals surface area contributed by atoms with Crippen LogP contribution in [0.5, 0.6) is 34.5 Å². The summed E-state index contributed by atoms with van der Waals surface area (Å²) >= 11 is 0. The summed E-state index contributed by atoms with van der Waals surface area (Å²) in [5, 5.41) is 0. The molecule has 274 valence electrons. The van der Waals surface area contributed by atoms with Gasteiger partial charge in [-0.2, -0.15) is 0 Å². The zero-order valence-corrected chi connectivity index (χ0v) is 33.8. The van der Waals surface area contributed by atoms with E-state index in [2.05, 4.69) is 39.0 Å². The Labute approximate surface area is 317 Å². The lowest BCUT2D eigenvalue weighted by Crippen LogP contribution is -2.05. The van der Waals surface area contributed by atoms with E-state index in [4.69, 9.17) is 27.1 Å². The van der Waals surface area contributed by atoms with Crippen LogP contribution in [0.25, 0.3) is 0 Å². The Hall–Kier alpha value is -5.02. The molecule has 6 rings (SSSR count). The molecular weight excluding hydrogens is 698 g/mol. The summed E-state index contributed by atoms with van der Waals surface area (Å²) in [7, 11) is -3.29. The minimum atomic E-state index is -1.68. The van der Waals surface area contributed by atoms with E-state index in [0.29, 0.717) is 0 Å². The smallest absolute Gasteiger partial charge is 0.409 e. The van der Waals surface area contributed by atoms with Crippen molar-refractivity contribution >= 4 is 17.2 Å². The number of aryl methyl sites for hydroxylation is 6. The van der Waals surface area contributed by atoms with Crippen molar-refractivity contribution in [2.45, 2.75) is 62.3 Å². The van der Waals surface area contributed by atoms with Gasteiger partial charge in [-0.05, 0) is 150 Å². The maximum absolute atomic E-state index is 6.24. The van der Waals surface area contributed by atoms with Gasteiger partial charge in [0.1, 0.15) is 34.5 Å². The maximum atomic E-state index is 6.24. The lowest BCUT2D eigenvalue weighted by atomic mass is 10.1. The largest absolute Gasteiger partial charge is 0.530 e. The maximum Gasteiger partial charge on any atom is 0.530 e. The summed E-state index contributed by atoms with van der Waals surface area (Å²) in [6, 6.07) is 41.6. The Bertz CT molecular complexity index is 1840. The van der Waals surface area contributed by atoms with Crippen LogP contribution < -0.4 is 27.1 Å². The van der Waals surface area contributed by atoms with Crippen LogP contribution in [-0.2, 0) is 0 Å². The Morgan fingerprint density at radius 1 is 0.283 bits per heavy atom. The van der Waals surface area contributed by atoms with Crippen molar-refractivity contribution in [3.8, 4) is 34.5 Å². The SMILES string of the molecule is Cc1ccc(OP(Oc2ccc(C)cc2)Oc2ccc(C)cc2)cc1.Cc1cccc(OP(Oc2cccc(C)c2C)Oc2cccc(C)c2C)c1C. The van der Waals surface area contributed by atoms with Gasteiger partial charge in [0, 0.05) is 0 Å². The van der Waals surface area contributed by atoms with Gasteiger partial charge in [-0.15, -0.1) is 0 Å². The average Bonchev–Trinajstić information content (AvgIpc) is 3.14. The van der Waals surface area contributed by atoms with Gasteiger partial charge in [-0.3, -0.25) is 0 Å². The van der Waals surface area contributed by atoms with E-state index < -0.39 is 17.2 Å². The predicted octanol–water partition coefficient (Wildman–Crippen LogP) is 13.7. The minimum absolute atomic E-state index is 0.718. The van der Waals surface area contributed by atoms with E-state index >= 15 is 0 Å². The van der Waals surface area contributed by atoms with Crippen molar-refractivity contribution in [3.05, 3.63) is 177 Å². The molecule has 0 heterocycles. The molecule has 0 aliphatic heterocycles. The highest BCUT2D eigenvalue weighted by Gasteiger charge is 2.24. The predicted molar refractivity (Wildman–Crippen MR) is 219 cm³/mol. The fourth-order valence-electron chi connectivity index (χ4n) is 4.88. The van der Waals surface area contributed by atoms with E-state index in [9.17, 15) is 0 Å². The fourth-order valence-corrected chi connectivity index (χ4v) is 7.06. The van der Waals surface area contributed by atoms with Gasteiger partial charge < -0.3 is 27.1 Å². The molecule has 0 amide bonds. The van der Waals surface area contributed by atoms with E-state index in [1.54, 1.807) is 0 Å². The highest BCUT2D eigenvalue weighted by molar-refractivity contribution is 7.43. The molecule has 53 heavy (non-hydrogen) atoms. The van der Waals surface area contributed by atoms with Gasteiger partial charge in [-0.25, -0.2) is 0 Å². The summed E-state index contributed by atoms with van der Waals surface area (Å²) in [6.07, 6.45) is 0. The van der Waals surface area contributed by atoms with Crippen LogP contribution in [0.15, 0.2) is 127 Å². The van der Waals surface area contributed by atoms with Gasteiger partial charge in [0.05, 0.1) is 0 Å². The molecule has 6 nitrogen and oxygen atoms in total. The zero-order valence-electron chi connectivity index (χ0n) is 32.0. The van der Waals surface area contributed by atoms with Crippen molar-refractivity contribution in [3.63, 3.8) is 0 Å². The molecule has 0 saturated carbocycles. The fraction of sp³-hybridized carbons (Fsp3) is 0.200. The Balaban J connectivity index is 0.000000206. The molecule has 8 heteroatoms. The molecule has 6 aromatic rings. The van der Waals surface area contributed by atoms with Crippen LogP contribution in [0.3, 0.4) is 0 Å². The lowest BCUT2D eigenvalue weighted by molar-refractivity contribution is 0.384. The van der Waals surface area contributed by atoms with Gasteiger partial charge >= 0.3 is 17.2 Å². The van der Waals surface area contributed by atoms with Crippen LogP contribution >= 0.6 is 17.2 Å². The van der Waals surface area contributed by atoms with Crippen LogP contribution in [0.1, 0.15) is 50.1 Å². The van der Waals surface area contributed by atoms with Gasteiger partial charge in [0.25, 0.3) is 0 Å². The van der Waals surface area contributed by atoms with Crippen molar-refractivity contribution in [2.75, 3.05) is 0 Å². The molecule has 0 fully saturated rings. The molecule has 0 radical (unpaired) electrons. The number of rotatable bonds is 12. The molecule has 0 unspecified atom stereocenters. The summed E-state index contributed by atoms with van der Waals surface area (Å²) in [6.45, 7) is 18.5. The number of hydrogen-bond donors (Lipinski definition) is 0. The van der Waals surface area contributed by atoms with Gasteiger partial charge in [-0.1, -0.05) is 89.5 Å². The minimum Gasteiger partial charge on any atom is -0.409 e. The Morgan fingerprint density at radius 2 is 0.528 bits per heavy atom. The first-order valence-electron chi connectivity index (χ1n) is 17.5. The first-order chi connectivity index (χ1) is 25.4. The van der Waals surface area contributed by atoms with Crippen LogP contribution in [-0.4, -0.2) is 0 Å². The topological polar surface area (TPSA) is 55.4 Å². The molecule has 0 saturated heterocycles. The highest BCUT2D eigenvalue weighted by atomic mass is 31.2. The third-order valence-corrected chi connectivity index (χ3v) is 10.9. The quantitative estimate of drug-likeness (QED) is 0.116. The molecule has 0 N–H and O–H groups in total. The van der Waals surface area contributed by atoms with Crippen molar-refractivity contribution < 1.29 is 27.1 Å². The molecule has 0 aliphatic carbocycles. The average molecular weight is 747 g/mol. The molecule has 0 aromatic heterocycles. The van der Waals surface area contributed by atoms with Gasteiger partial charge in [0.15, 0.2) is 0 Å². The third kappa shape index (κ3) is 11.5. The molecule has 0 bridgehead atoms. The van der Waals surface area contributed by atoms with Crippen LogP contribution in [0.4, 0.5) is 0 Å². The Kier molecular flexibility index (Phi) is 13.8. The van der Waals surface area contributed by atoms with E-state index in [0.717, 1.165) is 51.2 Å². The van der Waals surface area contributed by atoms with Crippen molar-refractivity contribution in [1.29, 1.82) is 0 Å². The zero-order chi connectivity index (χ0) is 37.9. The summed E-state index contributed by atoms with van der Waals surface area (Å²) in [4.78, 5) is 0. The second-order valence-electron chi connectivity index (χ2n) is 13.0. The number of hydrogen-bond acceptors (Lipinski definition) is 6. The highest BCUT2D eigenvalue weighted by Crippen LogP contribution is 2.46. The summed E-state index contributed by atoms with van der Waals surface area (Å²) < 4.78 is 36.6. The van der Waals surface area contributed by atoms with E-state index in [-0.39, 0.29) is 0 Å².